The molecule has 0 aliphatic rings. The van der Waals surface area contributed by atoms with Crippen molar-refractivity contribution in [2.24, 2.45) is 0 Å². The van der Waals surface area contributed by atoms with Crippen molar-refractivity contribution in [3.63, 3.8) is 0 Å². The van der Waals surface area contributed by atoms with E-state index < -0.39 is 18.0 Å². The standard InChI is InChI=1S/C15H18N2O3/c1-3-7-13(14(18)19)17-15(20)16-10-11(2)12-8-5-4-6-9-12/h1,4-6,8-9,11,13H,7,10H2,2H3,(H,18,19)(H2,16,17,20). The number of terminal acetylenes is 1. The molecule has 5 nitrogen and oxygen atoms in total. The van der Waals surface area contributed by atoms with Gasteiger partial charge >= 0.3 is 12.0 Å². The van der Waals surface area contributed by atoms with Gasteiger partial charge in [-0.1, -0.05) is 37.3 Å². The number of nitrogens with one attached hydrogen (secondary N) is 2. The molecule has 106 valence electrons. The van der Waals surface area contributed by atoms with Gasteiger partial charge in [-0.2, -0.15) is 0 Å². The molecule has 20 heavy (non-hydrogen) atoms. The molecule has 2 amide bonds. The maximum Gasteiger partial charge on any atom is 0.327 e. The molecule has 2 atom stereocenters. The topological polar surface area (TPSA) is 78.4 Å². The summed E-state index contributed by atoms with van der Waals surface area (Å²) in [6, 6.07) is 8.14. The van der Waals surface area contributed by atoms with Crippen LogP contribution >= 0.6 is 0 Å². The fourth-order valence-corrected chi connectivity index (χ4v) is 1.67. The first kappa shape index (κ1) is 15.6. The number of carbonyl (C=O) groups is 2. The van der Waals surface area contributed by atoms with Gasteiger partial charge in [0.25, 0.3) is 0 Å². The van der Waals surface area contributed by atoms with Gasteiger partial charge in [-0.15, -0.1) is 12.3 Å². The van der Waals surface area contributed by atoms with Crippen LogP contribution in [0.2, 0.25) is 0 Å². The Hall–Kier alpha value is -2.48. The third kappa shape index (κ3) is 5.02. The minimum absolute atomic E-state index is 0.0447. The number of hydrogen-bond donors (Lipinski definition) is 3. The lowest BCUT2D eigenvalue weighted by atomic mass is 10.0. The molecule has 3 N–H and O–H groups in total. The van der Waals surface area contributed by atoms with Gasteiger partial charge in [0.15, 0.2) is 0 Å². The Balaban J connectivity index is 2.43. The van der Waals surface area contributed by atoms with E-state index in [0.717, 1.165) is 5.56 Å². The zero-order valence-corrected chi connectivity index (χ0v) is 11.3. The molecule has 0 saturated heterocycles. The van der Waals surface area contributed by atoms with Gasteiger partial charge in [-0.3, -0.25) is 0 Å². The quantitative estimate of drug-likeness (QED) is 0.689. The zero-order chi connectivity index (χ0) is 15.0. The minimum atomic E-state index is -1.14. The lowest BCUT2D eigenvalue weighted by Crippen LogP contribution is -2.46. The van der Waals surface area contributed by atoms with Crippen LogP contribution in [0.25, 0.3) is 0 Å². The molecule has 5 heteroatoms. The van der Waals surface area contributed by atoms with Gasteiger partial charge in [0.1, 0.15) is 6.04 Å². The summed E-state index contributed by atoms with van der Waals surface area (Å²) in [7, 11) is 0. The Labute approximate surface area is 118 Å². The Bertz CT molecular complexity index is 494. The van der Waals surface area contributed by atoms with Crippen LogP contribution in [0.1, 0.15) is 24.8 Å². The smallest absolute Gasteiger partial charge is 0.327 e. The third-order valence-electron chi connectivity index (χ3n) is 2.86. The van der Waals surface area contributed by atoms with Crippen molar-refractivity contribution in [3.8, 4) is 12.3 Å². The molecule has 1 rings (SSSR count). The molecule has 0 spiro atoms. The largest absolute Gasteiger partial charge is 0.480 e. The van der Waals surface area contributed by atoms with E-state index in [1.165, 1.54) is 0 Å². The molecule has 0 heterocycles. The van der Waals surface area contributed by atoms with Gasteiger partial charge in [0.05, 0.1) is 0 Å². The van der Waals surface area contributed by atoms with Gasteiger partial charge in [0.2, 0.25) is 0 Å². The fraction of sp³-hybridized carbons (Fsp3) is 0.333. The summed E-state index contributed by atoms with van der Waals surface area (Å²) in [6.45, 7) is 2.39. The maximum absolute atomic E-state index is 11.6. The zero-order valence-electron chi connectivity index (χ0n) is 11.3. The summed E-state index contributed by atoms with van der Waals surface area (Å²) in [6.07, 6.45) is 5.01. The number of carboxylic acids is 1. The summed E-state index contributed by atoms with van der Waals surface area (Å²) in [5.41, 5.74) is 1.10. The van der Waals surface area contributed by atoms with Crippen LogP contribution in [-0.4, -0.2) is 29.7 Å². The summed E-state index contributed by atoms with van der Waals surface area (Å²) >= 11 is 0. The molecule has 0 saturated carbocycles. The summed E-state index contributed by atoms with van der Waals surface area (Å²) in [5, 5.41) is 13.8. The second-order valence-electron chi connectivity index (χ2n) is 4.47. The lowest BCUT2D eigenvalue weighted by Gasteiger charge is -2.16. The predicted octanol–water partition coefficient (Wildman–Crippen LogP) is 1.57. The Morgan fingerprint density at radius 1 is 1.35 bits per heavy atom. The van der Waals surface area contributed by atoms with Crippen LogP contribution in [0.5, 0.6) is 0 Å². The number of carbonyl (C=O) groups excluding carboxylic acids is 1. The molecule has 0 aliphatic heterocycles. The second kappa shape index (κ2) is 7.85. The number of carboxylic acid groups (broad SMARTS) is 1. The average molecular weight is 274 g/mol. The summed E-state index contributed by atoms with van der Waals surface area (Å²) in [4.78, 5) is 22.5. The first-order valence-corrected chi connectivity index (χ1v) is 6.30. The molecular weight excluding hydrogens is 256 g/mol. The van der Waals surface area contributed by atoms with Gasteiger partial charge < -0.3 is 15.7 Å². The van der Waals surface area contributed by atoms with Crippen molar-refractivity contribution < 1.29 is 14.7 Å². The van der Waals surface area contributed by atoms with Gasteiger partial charge in [-0.05, 0) is 11.5 Å². The fourth-order valence-electron chi connectivity index (χ4n) is 1.67. The highest BCUT2D eigenvalue weighted by atomic mass is 16.4. The highest BCUT2D eigenvalue weighted by Gasteiger charge is 2.18. The van der Waals surface area contributed by atoms with Crippen LogP contribution in [-0.2, 0) is 4.79 Å². The summed E-state index contributed by atoms with van der Waals surface area (Å²) in [5.74, 6) is 1.21. The number of rotatable bonds is 6. The molecular formula is C15H18N2O3. The number of amides is 2. The first-order chi connectivity index (χ1) is 9.54. The number of benzene rings is 1. The Kier molecular flexibility index (Phi) is 6.11. The van der Waals surface area contributed by atoms with E-state index in [1.54, 1.807) is 0 Å². The number of hydrogen-bond acceptors (Lipinski definition) is 2. The lowest BCUT2D eigenvalue weighted by molar-refractivity contribution is -0.139. The van der Waals surface area contributed by atoms with Crippen LogP contribution in [0.4, 0.5) is 4.79 Å². The third-order valence-corrected chi connectivity index (χ3v) is 2.86. The molecule has 0 aromatic heterocycles. The van der Waals surface area contributed by atoms with E-state index in [1.807, 2.05) is 37.3 Å². The van der Waals surface area contributed by atoms with Crippen molar-refractivity contribution in [3.05, 3.63) is 35.9 Å². The minimum Gasteiger partial charge on any atom is -0.480 e. The first-order valence-electron chi connectivity index (χ1n) is 6.30. The van der Waals surface area contributed by atoms with Crippen molar-refractivity contribution in [1.29, 1.82) is 0 Å². The van der Waals surface area contributed by atoms with E-state index in [-0.39, 0.29) is 12.3 Å². The van der Waals surface area contributed by atoms with Crippen molar-refractivity contribution in [2.75, 3.05) is 6.54 Å². The SMILES string of the molecule is C#CCC(NC(=O)NCC(C)c1ccccc1)C(=O)O. The number of aliphatic carboxylic acids is 1. The Morgan fingerprint density at radius 2 is 2.00 bits per heavy atom. The van der Waals surface area contributed by atoms with Crippen LogP contribution < -0.4 is 10.6 Å². The van der Waals surface area contributed by atoms with E-state index in [2.05, 4.69) is 16.6 Å². The highest BCUT2D eigenvalue weighted by Crippen LogP contribution is 2.12. The van der Waals surface area contributed by atoms with Crippen molar-refractivity contribution >= 4 is 12.0 Å². The Morgan fingerprint density at radius 3 is 2.55 bits per heavy atom. The second-order valence-corrected chi connectivity index (χ2v) is 4.47. The number of urea groups is 1. The molecule has 0 fully saturated rings. The van der Waals surface area contributed by atoms with E-state index in [4.69, 9.17) is 11.5 Å². The van der Waals surface area contributed by atoms with Gasteiger partial charge in [0, 0.05) is 13.0 Å². The maximum atomic E-state index is 11.6. The van der Waals surface area contributed by atoms with E-state index >= 15 is 0 Å². The molecule has 0 aliphatic carbocycles. The van der Waals surface area contributed by atoms with Crippen LogP contribution in [0.3, 0.4) is 0 Å². The molecule has 2 unspecified atom stereocenters. The molecule has 0 bridgehead atoms. The van der Waals surface area contributed by atoms with E-state index in [0.29, 0.717) is 6.54 Å². The van der Waals surface area contributed by atoms with Crippen molar-refractivity contribution in [1.82, 2.24) is 10.6 Å². The van der Waals surface area contributed by atoms with Crippen molar-refractivity contribution in [2.45, 2.75) is 25.3 Å². The van der Waals surface area contributed by atoms with Crippen LogP contribution in [0.15, 0.2) is 30.3 Å². The van der Waals surface area contributed by atoms with E-state index in [9.17, 15) is 9.59 Å². The monoisotopic (exact) mass is 274 g/mol. The molecule has 1 aromatic rings. The summed E-state index contributed by atoms with van der Waals surface area (Å²) < 4.78 is 0. The molecule has 1 aromatic carbocycles. The van der Waals surface area contributed by atoms with Crippen LogP contribution in [0, 0.1) is 12.3 Å². The normalized spacial score (nSPS) is 12.8. The average Bonchev–Trinajstić information content (AvgIpc) is 2.45. The van der Waals surface area contributed by atoms with Gasteiger partial charge in [-0.25, -0.2) is 9.59 Å². The molecule has 0 radical (unpaired) electrons. The predicted molar refractivity (Wildman–Crippen MR) is 76.3 cm³/mol. The highest BCUT2D eigenvalue weighted by molar-refractivity contribution is 5.82.